The molecule has 38 heavy (non-hydrogen) atoms. The van der Waals surface area contributed by atoms with E-state index in [1.54, 1.807) is 30.3 Å². The SMILES string of the molecule is CC[C@H](C(=O)NCC(C)C)N(Cc1ccc(F)cc1)C(=O)CCCN(c1ccc2c(c1)OCO2)S(C)(=O)=O. The van der Waals surface area contributed by atoms with Gasteiger partial charge >= 0.3 is 0 Å². The summed E-state index contributed by atoms with van der Waals surface area (Å²) < 4.78 is 50.5. The Hall–Kier alpha value is -3.34. The van der Waals surface area contributed by atoms with Crippen LogP contribution < -0.4 is 19.1 Å². The number of hydrogen-bond donors (Lipinski definition) is 1. The van der Waals surface area contributed by atoms with Crippen molar-refractivity contribution in [3.63, 3.8) is 0 Å². The second-order valence-corrected chi connectivity index (χ2v) is 11.6. The Balaban J connectivity index is 1.75. The van der Waals surface area contributed by atoms with Crippen molar-refractivity contribution in [2.45, 2.75) is 52.6 Å². The normalized spacial score (nSPS) is 13.3. The van der Waals surface area contributed by atoms with Crippen LogP contribution in [-0.4, -0.2) is 57.3 Å². The highest BCUT2D eigenvalue weighted by molar-refractivity contribution is 7.92. The van der Waals surface area contributed by atoms with Crippen LogP contribution in [0.3, 0.4) is 0 Å². The highest BCUT2D eigenvalue weighted by atomic mass is 32.2. The fraction of sp³-hybridized carbons (Fsp3) is 0.481. The van der Waals surface area contributed by atoms with Crippen molar-refractivity contribution in [1.82, 2.24) is 10.2 Å². The van der Waals surface area contributed by atoms with E-state index in [0.29, 0.717) is 35.7 Å². The predicted octanol–water partition coefficient (Wildman–Crippen LogP) is 3.68. The van der Waals surface area contributed by atoms with Crippen molar-refractivity contribution in [3.05, 3.63) is 53.8 Å². The van der Waals surface area contributed by atoms with E-state index in [9.17, 15) is 22.4 Å². The summed E-state index contributed by atoms with van der Waals surface area (Å²) in [5.41, 5.74) is 1.10. The summed E-state index contributed by atoms with van der Waals surface area (Å²) in [4.78, 5) is 27.9. The number of benzene rings is 2. The number of nitrogens with one attached hydrogen (secondary N) is 1. The van der Waals surface area contributed by atoms with Crippen LogP contribution in [0.15, 0.2) is 42.5 Å². The summed E-state index contributed by atoms with van der Waals surface area (Å²) in [6.07, 6.45) is 1.74. The average Bonchev–Trinajstić information content (AvgIpc) is 3.33. The van der Waals surface area contributed by atoms with Crippen LogP contribution in [0.4, 0.5) is 10.1 Å². The molecule has 0 aromatic heterocycles. The molecule has 9 nitrogen and oxygen atoms in total. The molecule has 0 radical (unpaired) electrons. The molecule has 0 saturated carbocycles. The zero-order valence-corrected chi connectivity index (χ0v) is 23.1. The van der Waals surface area contributed by atoms with E-state index < -0.39 is 21.9 Å². The largest absolute Gasteiger partial charge is 0.454 e. The number of carbonyl (C=O) groups excluding carboxylic acids is 2. The first-order valence-electron chi connectivity index (χ1n) is 12.7. The molecule has 1 aliphatic heterocycles. The Morgan fingerprint density at radius 2 is 1.76 bits per heavy atom. The Labute approximate surface area is 224 Å². The first-order chi connectivity index (χ1) is 18.0. The Morgan fingerprint density at radius 3 is 2.39 bits per heavy atom. The first kappa shape index (κ1) is 29.2. The van der Waals surface area contributed by atoms with Crippen molar-refractivity contribution in [2.24, 2.45) is 5.92 Å². The van der Waals surface area contributed by atoms with Crippen LogP contribution in [0.1, 0.15) is 45.6 Å². The van der Waals surface area contributed by atoms with Crippen LogP contribution >= 0.6 is 0 Å². The van der Waals surface area contributed by atoms with Crippen LogP contribution in [0.25, 0.3) is 0 Å². The zero-order chi connectivity index (χ0) is 27.9. The molecule has 2 aromatic rings. The van der Waals surface area contributed by atoms with Gasteiger partial charge in [0.25, 0.3) is 0 Å². The molecule has 0 unspecified atom stereocenters. The molecule has 2 aromatic carbocycles. The summed E-state index contributed by atoms with van der Waals surface area (Å²) in [6, 6.07) is 9.94. The highest BCUT2D eigenvalue weighted by Crippen LogP contribution is 2.36. The first-order valence-corrected chi connectivity index (χ1v) is 14.5. The molecule has 0 bridgehead atoms. The molecule has 1 aliphatic rings. The average molecular weight is 550 g/mol. The molecule has 2 amide bonds. The lowest BCUT2D eigenvalue weighted by Crippen LogP contribution is -2.49. The number of hydrogen-bond acceptors (Lipinski definition) is 6. The summed E-state index contributed by atoms with van der Waals surface area (Å²) in [7, 11) is -3.64. The van der Waals surface area contributed by atoms with Crippen LogP contribution in [-0.2, 0) is 26.2 Å². The molecule has 0 aliphatic carbocycles. The standard InChI is InChI=1S/C27H36FN3O6S/c1-5-23(27(33)29-16-19(2)3)30(17-20-8-10-21(28)11-9-20)26(32)7-6-14-31(38(4,34)35)22-12-13-24-25(15-22)37-18-36-24/h8-13,15,19,23H,5-7,14,16-18H2,1-4H3,(H,29,33)/t23-/m1/s1. The zero-order valence-electron chi connectivity index (χ0n) is 22.3. The van der Waals surface area contributed by atoms with Gasteiger partial charge in [0.15, 0.2) is 11.5 Å². The number of fused-ring (bicyclic) bond motifs is 1. The second kappa shape index (κ2) is 12.9. The fourth-order valence-electron chi connectivity index (χ4n) is 4.17. The van der Waals surface area contributed by atoms with Crippen molar-refractivity contribution in [2.75, 3.05) is 30.4 Å². The number of nitrogens with zero attached hydrogens (tertiary/aromatic N) is 2. The maximum Gasteiger partial charge on any atom is 0.242 e. The molecule has 208 valence electrons. The summed E-state index contributed by atoms with van der Waals surface area (Å²) in [6.45, 7) is 6.53. The van der Waals surface area contributed by atoms with Crippen molar-refractivity contribution in [1.29, 1.82) is 0 Å². The minimum absolute atomic E-state index is 0.0196. The van der Waals surface area contributed by atoms with Gasteiger partial charge in [0.1, 0.15) is 11.9 Å². The smallest absolute Gasteiger partial charge is 0.242 e. The van der Waals surface area contributed by atoms with E-state index in [-0.39, 0.29) is 50.5 Å². The van der Waals surface area contributed by atoms with Gasteiger partial charge in [-0.25, -0.2) is 12.8 Å². The van der Waals surface area contributed by atoms with E-state index in [4.69, 9.17) is 9.47 Å². The lowest BCUT2D eigenvalue weighted by atomic mass is 10.1. The van der Waals surface area contributed by atoms with E-state index >= 15 is 0 Å². The van der Waals surface area contributed by atoms with Crippen molar-refractivity contribution >= 4 is 27.5 Å². The van der Waals surface area contributed by atoms with Crippen LogP contribution in [0.2, 0.25) is 0 Å². The summed E-state index contributed by atoms with van der Waals surface area (Å²) >= 11 is 0. The van der Waals surface area contributed by atoms with E-state index in [2.05, 4.69) is 5.32 Å². The molecular weight excluding hydrogens is 513 g/mol. The van der Waals surface area contributed by atoms with Gasteiger partial charge in [-0.1, -0.05) is 32.9 Å². The van der Waals surface area contributed by atoms with Crippen molar-refractivity contribution in [3.8, 4) is 11.5 Å². The Kier molecular flexibility index (Phi) is 9.96. The van der Waals surface area contributed by atoms with Crippen LogP contribution in [0, 0.1) is 11.7 Å². The number of rotatable bonds is 13. The van der Waals surface area contributed by atoms with E-state index in [0.717, 1.165) is 6.26 Å². The highest BCUT2D eigenvalue weighted by Gasteiger charge is 2.29. The minimum Gasteiger partial charge on any atom is -0.454 e. The molecule has 0 fully saturated rings. The number of sulfonamides is 1. The van der Waals surface area contributed by atoms with Crippen LogP contribution in [0.5, 0.6) is 11.5 Å². The molecule has 1 N–H and O–H groups in total. The van der Waals surface area contributed by atoms with Gasteiger partial charge in [0.05, 0.1) is 11.9 Å². The topological polar surface area (TPSA) is 105 Å². The molecule has 11 heteroatoms. The maximum absolute atomic E-state index is 13.5. The van der Waals surface area contributed by atoms with E-state index in [1.807, 2.05) is 20.8 Å². The van der Waals surface area contributed by atoms with Gasteiger partial charge in [-0.15, -0.1) is 0 Å². The molecule has 1 atom stereocenters. The summed E-state index contributed by atoms with van der Waals surface area (Å²) in [5.74, 6) is 0.300. The number of halogens is 1. The van der Waals surface area contributed by atoms with Crippen molar-refractivity contribution < 1.29 is 31.9 Å². The fourth-order valence-corrected chi connectivity index (χ4v) is 5.13. The summed E-state index contributed by atoms with van der Waals surface area (Å²) in [5, 5.41) is 2.90. The van der Waals surface area contributed by atoms with Gasteiger partial charge in [-0.2, -0.15) is 0 Å². The lowest BCUT2D eigenvalue weighted by Gasteiger charge is -2.31. The third-order valence-electron chi connectivity index (χ3n) is 6.13. The maximum atomic E-state index is 13.5. The van der Waals surface area contributed by atoms with Gasteiger partial charge in [0.2, 0.25) is 28.6 Å². The molecular formula is C27H36FN3O6S. The third kappa shape index (κ3) is 7.83. The van der Waals surface area contributed by atoms with Gasteiger partial charge < -0.3 is 19.7 Å². The minimum atomic E-state index is -3.64. The van der Waals surface area contributed by atoms with Gasteiger partial charge in [0, 0.05) is 32.1 Å². The molecule has 0 saturated heterocycles. The molecule has 0 spiro atoms. The number of ether oxygens (including phenoxy) is 2. The lowest BCUT2D eigenvalue weighted by molar-refractivity contribution is -0.141. The molecule has 1 heterocycles. The number of carbonyl (C=O) groups is 2. The second-order valence-electron chi connectivity index (χ2n) is 9.69. The quantitative estimate of drug-likeness (QED) is 0.409. The monoisotopic (exact) mass is 549 g/mol. The third-order valence-corrected chi connectivity index (χ3v) is 7.33. The molecule has 3 rings (SSSR count). The van der Waals surface area contributed by atoms with Gasteiger partial charge in [-0.05, 0) is 48.6 Å². The number of anilines is 1. The Bertz CT molecular complexity index is 1220. The van der Waals surface area contributed by atoms with E-state index in [1.165, 1.54) is 21.3 Å². The Morgan fingerprint density at radius 1 is 1.08 bits per heavy atom. The number of amides is 2. The predicted molar refractivity (Wildman–Crippen MR) is 143 cm³/mol. The van der Waals surface area contributed by atoms with Gasteiger partial charge in [-0.3, -0.25) is 13.9 Å².